The maximum absolute atomic E-state index is 9.02. The van der Waals surface area contributed by atoms with E-state index in [1.807, 2.05) is 0 Å². The summed E-state index contributed by atoms with van der Waals surface area (Å²) in [5.74, 6) is 0.601. The van der Waals surface area contributed by atoms with Crippen molar-refractivity contribution >= 4 is 0 Å². The first-order valence-electron chi connectivity index (χ1n) is 6.18. The maximum Gasteiger partial charge on any atom is 0.132 e. The van der Waals surface area contributed by atoms with Crippen molar-refractivity contribution < 1.29 is 5.11 Å². The minimum absolute atomic E-state index is 0.0564. The second-order valence-corrected chi connectivity index (χ2v) is 5.68. The zero-order valence-electron chi connectivity index (χ0n) is 11.4. The maximum atomic E-state index is 9.02. The van der Waals surface area contributed by atoms with E-state index in [9.17, 15) is 0 Å². The number of aliphatic hydroxyl groups is 1. The number of H-pyrrole nitrogens is 1. The molecule has 0 bridgehead atoms. The monoisotopic (exact) mass is 244 g/mol. The molecule has 3 heteroatoms. The van der Waals surface area contributed by atoms with Crippen molar-refractivity contribution in [3.05, 3.63) is 41.3 Å². The smallest absolute Gasteiger partial charge is 0.132 e. The zero-order chi connectivity index (χ0) is 13.3. The Labute approximate surface area is 108 Å². The summed E-state index contributed by atoms with van der Waals surface area (Å²) in [7, 11) is 0. The average Bonchev–Trinajstić information content (AvgIpc) is 2.76. The van der Waals surface area contributed by atoms with E-state index in [0.717, 1.165) is 11.3 Å². The molecule has 3 nitrogen and oxygen atoms in total. The van der Waals surface area contributed by atoms with Crippen LogP contribution in [0.25, 0.3) is 11.3 Å². The Hall–Kier alpha value is -1.61. The Morgan fingerprint density at radius 2 is 2.00 bits per heavy atom. The summed E-state index contributed by atoms with van der Waals surface area (Å²) in [6, 6.07) is 6.49. The molecule has 0 unspecified atom stereocenters. The van der Waals surface area contributed by atoms with Crippen LogP contribution in [0.3, 0.4) is 0 Å². The van der Waals surface area contributed by atoms with E-state index >= 15 is 0 Å². The normalized spacial score (nSPS) is 11.8. The molecular weight excluding hydrogens is 224 g/mol. The standard InChI is InChI=1S/C15H20N2O/c1-10-7-11(15(2,3)4)5-6-12(10)13-8-16-14(9-18)17-13/h5-8,18H,9H2,1-4H3,(H,16,17). The number of aromatic nitrogens is 2. The van der Waals surface area contributed by atoms with Gasteiger partial charge >= 0.3 is 0 Å². The number of nitrogens with one attached hydrogen (secondary N) is 1. The summed E-state index contributed by atoms with van der Waals surface area (Å²) in [5.41, 5.74) is 4.79. The lowest BCUT2D eigenvalue weighted by molar-refractivity contribution is 0.272. The Bertz CT molecular complexity index is 550. The number of hydrogen-bond acceptors (Lipinski definition) is 2. The number of nitrogens with zero attached hydrogens (tertiary/aromatic N) is 1. The molecule has 0 atom stereocenters. The van der Waals surface area contributed by atoms with E-state index in [1.165, 1.54) is 11.1 Å². The molecule has 18 heavy (non-hydrogen) atoms. The molecule has 2 N–H and O–H groups in total. The highest BCUT2D eigenvalue weighted by molar-refractivity contribution is 5.63. The van der Waals surface area contributed by atoms with E-state index in [1.54, 1.807) is 6.20 Å². The molecule has 1 aromatic heterocycles. The number of aryl methyl sites for hydroxylation is 1. The van der Waals surface area contributed by atoms with Crippen LogP contribution >= 0.6 is 0 Å². The van der Waals surface area contributed by atoms with Gasteiger partial charge in [0.2, 0.25) is 0 Å². The zero-order valence-corrected chi connectivity index (χ0v) is 11.4. The summed E-state index contributed by atoms with van der Waals surface area (Å²) in [5, 5.41) is 9.02. The van der Waals surface area contributed by atoms with Crippen LogP contribution in [0.5, 0.6) is 0 Å². The Morgan fingerprint density at radius 1 is 1.28 bits per heavy atom. The Morgan fingerprint density at radius 3 is 2.50 bits per heavy atom. The Kier molecular flexibility index (Phi) is 3.26. The third-order valence-electron chi connectivity index (χ3n) is 3.16. The van der Waals surface area contributed by atoms with Crippen LogP contribution in [0.1, 0.15) is 37.7 Å². The molecule has 0 fully saturated rings. The topological polar surface area (TPSA) is 48.9 Å². The predicted molar refractivity (Wildman–Crippen MR) is 73.4 cm³/mol. The van der Waals surface area contributed by atoms with Crippen LogP contribution in [-0.4, -0.2) is 15.1 Å². The van der Waals surface area contributed by atoms with Crippen molar-refractivity contribution in [2.45, 2.75) is 39.7 Å². The minimum atomic E-state index is -0.0564. The highest BCUT2D eigenvalue weighted by Gasteiger charge is 2.15. The van der Waals surface area contributed by atoms with Gasteiger partial charge in [0.15, 0.2) is 0 Å². The fraction of sp³-hybridized carbons (Fsp3) is 0.400. The number of aromatic amines is 1. The molecule has 2 rings (SSSR count). The number of rotatable bonds is 2. The summed E-state index contributed by atoms with van der Waals surface area (Å²) in [4.78, 5) is 7.23. The van der Waals surface area contributed by atoms with Gasteiger partial charge in [0.1, 0.15) is 12.4 Å². The first-order valence-corrected chi connectivity index (χ1v) is 6.18. The van der Waals surface area contributed by atoms with Gasteiger partial charge in [0.05, 0.1) is 11.9 Å². The molecule has 0 aliphatic carbocycles. The van der Waals surface area contributed by atoms with Crippen LogP contribution in [-0.2, 0) is 12.0 Å². The number of hydrogen-bond donors (Lipinski definition) is 2. The predicted octanol–water partition coefficient (Wildman–Crippen LogP) is 3.17. The molecular formula is C15H20N2O. The highest BCUT2D eigenvalue weighted by atomic mass is 16.3. The van der Waals surface area contributed by atoms with Crippen LogP contribution in [0.15, 0.2) is 24.4 Å². The van der Waals surface area contributed by atoms with Gasteiger partial charge in [-0.1, -0.05) is 39.0 Å². The van der Waals surface area contributed by atoms with Crippen molar-refractivity contribution in [2.24, 2.45) is 0 Å². The van der Waals surface area contributed by atoms with Crippen LogP contribution in [0, 0.1) is 6.92 Å². The van der Waals surface area contributed by atoms with Crippen LogP contribution in [0.2, 0.25) is 0 Å². The van der Waals surface area contributed by atoms with E-state index in [4.69, 9.17) is 5.11 Å². The van der Waals surface area contributed by atoms with E-state index in [0.29, 0.717) is 5.82 Å². The van der Waals surface area contributed by atoms with E-state index < -0.39 is 0 Å². The van der Waals surface area contributed by atoms with Crippen LogP contribution in [0.4, 0.5) is 0 Å². The molecule has 0 saturated heterocycles. The van der Waals surface area contributed by atoms with Crippen LogP contribution < -0.4 is 0 Å². The average molecular weight is 244 g/mol. The molecule has 0 radical (unpaired) electrons. The summed E-state index contributed by atoms with van der Waals surface area (Å²) in [6.07, 6.45) is 1.77. The highest BCUT2D eigenvalue weighted by Crippen LogP contribution is 2.28. The summed E-state index contributed by atoms with van der Waals surface area (Å²) < 4.78 is 0. The SMILES string of the molecule is Cc1cc(C(C)(C)C)ccc1-c1cnc(CO)[nH]1. The molecule has 0 saturated carbocycles. The summed E-state index contributed by atoms with van der Waals surface area (Å²) >= 11 is 0. The fourth-order valence-electron chi connectivity index (χ4n) is 2.01. The quantitative estimate of drug-likeness (QED) is 0.852. The summed E-state index contributed by atoms with van der Waals surface area (Å²) in [6.45, 7) is 8.67. The molecule has 0 amide bonds. The van der Waals surface area contributed by atoms with Gasteiger partial charge in [-0.15, -0.1) is 0 Å². The molecule has 96 valence electrons. The second-order valence-electron chi connectivity index (χ2n) is 5.68. The lowest BCUT2D eigenvalue weighted by Crippen LogP contribution is -2.11. The lowest BCUT2D eigenvalue weighted by Gasteiger charge is -2.20. The van der Waals surface area contributed by atoms with Gasteiger partial charge in [-0.05, 0) is 23.5 Å². The molecule has 0 aliphatic rings. The number of imidazole rings is 1. The Balaban J connectivity index is 2.41. The third-order valence-corrected chi connectivity index (χ3v) is 3.16. The lowest BCUT2D eigenvalue weighted by atomic mass is 9.85. The third kappa shape index (κ3) is 2.46. The number of aliphatic hydroxyl groups excluding tert-OH is 1. The first-order chi connectivity index (χ1) is 8.41. The van der Waals surface area contributed by atoms with Gasteiger partial charge < -0.3 is 10.1 Å². The van der Waals surface area contributed by atoms with Crippen molar-refractivity contribution in [1.82, 2.24) is 9.97 Å². The van der Waals surface area contributed by atoms with Gasteiger partial charge in [0, 0.05) is 5.56 Å². The van der Waals surface area contributed by atoms with Gasteiger partial charge in [-0.3, -0.25) is 0 Å². The second kappa shape index (κ2) is 4.58. The van der Waals surface area contributed by atoms with Gasteiger partial charge in [-0.2, -0.15) is 0 Å². The van der Waals surface area contributed by atoms with Crippen molar-refractivity contribution in [3.63, 3.8) is 0 Å². The van der Waals surface area contributed by atoms with Gasteiger partial charge in [-0.25, -0.2) is 4.98 Å². The van der Waals surface area contributed by atoms with E-state index in [-0.39, 0.29) is 12.0 Å². The van der Waals surface area contributed by atoms with Gasteiger partial charge in [0.25, 0.3) is 0 Å². The fourth-order valence-corrected chi connectivity index (χ4v) is 2.01. The molecule has 0 spiro atoms. The van der Waals surface area contributed by atoms with Crippen molar-refractivity contribution in [2.75, 3.05) is 0 Å². The van der Waals surface area contributed by atoms with Crippen molar-refractivity contribution in [3.8, 4) is 11.3 Å². The van der Waals surface area contributed by atoms with Crippen molar-refractivity contribution in [1.29, 1.82) is 0 Å². The number of benzene rings is 1. The molecule has 1 aromatic carbocycles. The van der Waals surface area contributed by atoms with E-state index in [2.05, 4.69) is 55.9 Å². The minimum Gasteiger partial charge on any atom is -0.388 e. The molecule has 2 aromatic rings. The first kappa shape index (κ1) is 12.8. The molecule has 0 aliphatic heterocycles. The molecule has 1 heterocycles. The largest absolute Gasteiger partial charge is 0.388 e.